The molecule has 4 N–H and O–H groups in total. The number of hydrogen-bond acceptors (Lipinski definition) is 6. The molecule has 0 amide bonds. The van der Waals surface area contributed by atoms with Crippen LogP contribution in [0.15, 0.2) is 24.3 Å². The van der Waals surface area contributed by atoms with Gasteiger partial charge < -0.3 is 29.9 Å². The number of rotatable bonds is 4. The lowest BCUT2D eigenvalue weighted by molar-refractivity contribution is -0.332. The molecule has 0 spiro atoms. The van der Waals surface area contributed by atoms with Crippen LogP contribution in [0, 0.1) is 17.7 Å². The van der Waals surface area contributed by atoms with Crippen LogP contribution in [0.25, 0.3) is 0 Å². The number of halogens is 1. The summed E-state index contributed by atoms with van der Waals surface area (Å²) in [5.74, 6) is 4.68. The van der Waals surface area contributed by atoms with Crippen LogP contribution >= 0.6 is 0 Å². The molecule has 1 aliphatic rings. The van der Waals surface area contributed by atoms with Crippen molar-refractivity contribution in [2.24, 2.45) is 0 Å². The maximum Gasteiger partial charge on any atom is 0.205 e. The zero-order valence-corrected chi connectivity index (χ0v) is 14.1. The van der Waals surface area contributed by atoms with Crippen LogP contribution in [0.1, 0.15) is 25.8 Å². The molecule has 0 radical (unpaired) electrons. The monoisotopic (exact) mass is 354 g/mol. The SMILES string of the molecule is CCC(C)O[C@H]1O[C@H](CO)[C@@H](O)[C@H](O)[C@@]1(O)C#Cc1ccc(F)cc1. The lowest BCUT2D eigenvalue weighted by atomic mass is 9.86. The Morgan fingerprint density at radius 1 is 1.32 bits per heavy atom. The van der Waals surface area contributed by atoms with Gasteiger partial charge in [0.25, 0.3) is 0 Å². The van der Waals surface area contributed by atoms with Crippen molar-refractivity contribution in [3.05, 3.63) is 35.6 Å². The van der Waals surface area contributed by atoms with E-state index in [0.29, 0.717) is 12.0 Å². The van der Waals surface area contributed by atoms with Gasteiger partial charge in [0.15, 0.2) is 0 Å². The highest BCUT2D eigenvalue weighted by molar-refractivity contribution is 5.37. The number of aliphatic hydroxyl groups excluding tert-OH is 3. The Kier molecular flexibility index (Phi) is 6.52. The molecule has 1 unspecified atom stereocenters. The topological polar surface area (TPSA) is 99.4 Å². The van der Waals surface area contributed by atoms with Gasteiger partial charge in [-0.25, -0.2) is 4.39 Å². The molecule has 0 bridgehead atoms. The average molecular weight is 354 g/mol. The first-order valence-electron chi connectivity index (χ1n) is 8.10. The van der Waals surface area contributed by atoms with Crippen molar-refractivity contribution < 1.29 is 34.3 Å². The van der Waals surface area contributed by atoms with E-state index in [1.807, 2.05) is 6.92 Å². The molecule has 1 fully saturated rings. The Bertz CT molecular complexity index is 625. The predicted octanol–water partition coefficient (Wildman–Crippen LogP) is 0.162. The fraction of sp³-hybridized carbons (Fsp3) is 0.556. The molecule has 25 heavy (non-hydrogen) atoms. The third-order valence-corrected chi connectivity index (χ3v) is 4.18. The first-order chi connectivity index (χ1) is 11.8. The van der Waals surface area contributed by atoms with Crippen molar-refractivity contribution in [1.82, 2.24) is 0 Å². The summed E-state index contributed by atoms with van der Waals surface area (Å²) in [4.78, 5) is 0. The molecule has 138 valence electrons. The Hall–Kier alpha value is -1.53. The summed E-state index contributed by atoms with van der Waals surface area (Å²) in [5.41, 5.74) is -1.81. The average Bonchev–Trinajstić information content (AvgIpc) is 2.61. The molecule has 1 saturated heterocycles. The van der Waals surface area contributed by atoms with Crippen molar-refractivity contribution in [2.45, 2.75) is 56.6 Å². The molecular formula is C18H23FO6. The van der Waals surface area contributed by atoms with E-state index in [1.165, 1.54) is 24.3 Å². The summed E-state index contributed by atoms with van der Waals surface area (Å²) < 4.78 is 24.0. The maximum absolute atomic E-state index is 13.0. The van der Waals surface area contributed by atoms with Gasteiger partial charge in [0.05, 0.1) is 12.7 Å². The third-order valence-electron chi connectivity index (χ3n) is 4.18. The Morgan fingerprint density at radius 2 is 1.96 bits per heavy atom. The molecule has 0 aliphatic carbocycles. The Balaban J connectivity index is 2.35. The predicted molar refractivity (Wildman–Crippen MR) is 86.8 cm³/mol. The first-order valence-corrected chi connectivity index (χ1v) is 8.10. The van der Waals surface area contributed by atoms with Gasteiger partial charge in [-0.1, -0.05) is 18.8 Å². The molecule has 1 aliphatic heterocycles. The summed E-state index contributed by atoms with van der Waals surface area (Å²) in [5, 5.41) is 40.5. The van der Waals surface area contributed by atoms with E-state index in [-0.39, 0.29) is 6.10 Å². The van der Waals surface area contributed by atoms with Crippen LogP contribution in [-0.2, 0) is 9.47 Å². The van der Waals surface area contributed by atoms with Gasteiger partial charge in [-0.05, 0) is 37.6 Å². The second kappa shape index (κ2) is 8.23. The molecule has 1 aromatic carbocycles. The largest absolute Gasteiger partial charge is 0.394 e. The zero-order valence-electron chi connectivity index (χ0n) is 14.1. The van der Waals surface area contributed by atoms with Crippen LogP contribution in [0.2, 0.25) is 0 Å². The molecule has 1 heterocycles. The second-order valence-corrected chi connectivity index (χ2v) is 6.06. The molecule has 0 aromatic heterocycles. The number of aliphatic hydroxyl groups is 4. The van der Waals surface area contributed by atoms with Crippen LogP contribution in [-0.4, -0.2) is 63.3 Å². The van der Waals surface area contributed by atoms with E-state index < -0.39 is 42.6 Å². The summed E-state index contributed by atoms with van der Waals surface area (Å²) in [7, 11) is 0. The van der Waals surface area contributed by atoms with Gasteiger partial charge in [0.1, 0.15) is 24.1 Å². The highest BCUT2D eigenvalue weighted by atomic mass is 19.1. The van der Waals surface area contributed by atoms with Crippen LogP contribution in [0.3, 0.4) is 0 Å². The van der Waals surface area contributed by atoms with Gasteiger partial charge in [-0.3, -0.25) is 0 Å². The van der Waals surface area contributed by atoms with E-state index in [2.05, 4.69) is 11.8 Å². The van der Waals surface area contributed by atoms with Crippen LogP contribution < -0.4 is 0 Å². The fourth-order valence-corrected chi connectivity index (χ4v) is 2.38. The van der Waals surface area contributed by atoms with E-state index in [4.69, 9.17) is 9.47 Å². The van der Waals surface area contributed by atoms with Crippen molar-refractivity contribution in [2.75, 3.05) is 6.61 Å². The standard InChI is InChI=1S/C18H23FO6/c1-3-11(2)24-17-18(23,16(22)15(21)14(10-20)25-17)9-8-12-4-6-13(19)7-5-12/h4-7,11,14-17,20-23H,3,10H2,1-2H3/t11?,14-,15-,16+,17+,18+/m1/s1. The molecule has 1 aromatic rings. The summed E-state index contributed by atoms with van der Waals surface area (Å²) in [6.45, 7) is 3.06. The van der Waals surface area contributed by atoms with Gasteiger partial charge in [0, 0.05) is 5.56 Å². The minimum atomic E-state index is -2.22. The zero-order chi connectivity index (χ0) is 18.6. The van der Waals surface area contributed by atoms with Crippen molar-refractivity contribution in [3.8, 4) is 11.8 Å². The summed E-state index contributed by atoms with van der Waals surface area (Å²) in [6.07, 6.45) is -5.45. The van der Waals surface area contributed by atoms with E-state index in [1.54, 1.807) is 6.92 Å². The molecule has 6 atom stereocenters. The Labute approximate surface area is 145 Å². The Morgan fingerprint density at radius 3 is 2.52 bits per heavy atom. The minimum absolute atomic E-state index is 0.314. The molecular weight excluding hydrogens is 331 g/mol. The number of hydrogen-bond donors (Lipinski definition) is 4. The smallest absolute Gasteiger partial charge is 0.205 e. The van der Waals surface area contributed by atoms with Crippen molar-refractivity contribution in [1.29, 1.82) is 0 Å². The van der Waals surface area contributed by atoms with E-state index in [9.17, 15) is 24.8 Å². The van der Waals surface area contributed by atoms with Crippen molar-refractivity contribution in [3.63, 3.8) is 0 Å². The second-order valence-electron chi connectivity index (χ2n) is 6.06. The molecule has 2 rings (SSSR count). The van der Waals surface area contributed by atoms with E-state index in [0.717, 1.165) is 0 Å². The van der Waals surface area contributed by atoms with Crippen LogP contribution in [0.5, 0.6) is 0 Å². The van der Waals surface area contributed by atoms with Gasteiger partial charge >= 0.3 is 0 Å². The van der Waals surface area contributed by atoms with E-state index >= 15 is 0 Å². The summed E-state index contributed by atoms with van der Waals surface area (Å²) >= 11 is 0. The third kappa shape index (κ3) is 4.36. The fourth-order valence-electron chi connectivity index (χ4n) is 2.38. The number of benzene rings is 1. The van der Waals surface area contributed by atoms with Gasteiger partial charge in [0.2, 0.25) is 11.9 Å². The number of ether oxygens (including phenoxy) is 2. The van der Waals surface area contributed by atoms with Crippen molar-refractivity contribution >= 4 is 0 Å². The maximum atomic E-state index is 13.0. The van der Waals surface area contributed by atoms with Crippen LogP contribution in [0.4, 0.5) is 4.39 Å². The quantitative estimate of drug-likeness (QED) is 0.575. The highest BCUT2D eigenvalue weighted by Gasteiger charge is 2.55. The van der Waals surface area contributed by atoms with Gasteiger partial charge in [-0.15, -0.1) is 0 Å². The molecule has 6 nitrogen and oxygen atoms in total. The lowest BCUT2D eigenvalue weighted by Gasteiger charge is -2.45. The highest BCUT2D eigenvalue weighted by Crippen LogP contribution is 2.31. The lowest BCUT2D eigenvalue weighted by Crippen LogP contribution is -2.67. The van der Waals surface area contributed by atoms with Gasteiger partial charge in [-0.2, -0.15) is 0 Å². The molecule has 0 saturated carbocycles. The molecule has 7 heteroatoms. The normalized spacial score (nSPS) is 33.4. The summed E-state index contributed by atoms with van der Waals surface area (Å²) in [6, 6.07) is 5.26. The first kappa shape index (κ1) is 19.8. The minimum Gasteiger partial charge on any atom is -0.394 e.